The van der Waals surface area contributed by atoms with Crippen LogP contribution in [0, 0.1) is 0 Å². The van der Waals surface area contributed by atoms with Crippen LogP contribution in [0.2, 0.25) is 10.0 Å². The summed E-state index contributed by atoms with van der Waals surface area (Å²) in [7, 11) is -3.91. The molecule has 146 valence electrons. The van der Waals surface area contributed by atoms with E-state index in [0.29, 0.717) is 28.7 Å². The van der Waals surface area contributed by atoms with Crippen molar-refractivity contribution in [2.24, 2.45) is 0 Å². The first-order valence-corrected chi connectivity index (χ1v) is 10.8. The van der Waals surface area contributed by atoms with E-state index in [1.807, 2.05) is 13.8 Å². The third-order valence-electron chi connectivity index (χ3n) is 4.18. The molecule has 5 nitrogen and oxygen atoms in total. The second-order valence-electron chi connectivity index (χ2n) is 5.88. The Morgan fingerprint density at radius 1 is 0.963 bits per heavy atom. The Balaban J connectivity index is 2.40. The average molecular weight is 429 g/mol. The number of hydrogen-bond donors (Lipinski definition) is 0. The van der Waals surface area contributed by atoms with E-state index in [9.17, 15) is 13.2 Å². The van der Waals surface area contributed by atoms with Gasteiger partial charge in [0.1, 0.15) is 0 Å². The average Bonchev–Trinajstić information content (AvgIpc) is 2.64. The highest BCUT2D eigenvalue weighted by Gasteiger charge is 2.28. The van der Waals surface area contributed by atoms with Gasteiger partial charge in [-0.15, -0.1) is 0 Å². The molecule has 8 heteroatoms. The molecule has 0 aliphatic heterocycles. The van der Waals surface area contributed by atoms with Gasteiger partial charge in [0.25, 0.3) is 0 Å². The number of halogens is 2. The molecular weight excluding hydrogens is 407 g/mol. The lowest BCUT2D eigenvalue weighted by molar-refractivity contribution is -0.131. The molecule has 0 bridgehead atoms. The van der Waals surface area contributed by atoms with E-state index in [4.69, 9.17) is 23.2 Å². The summed E-state index contributed by atoms with van der Waals surface area (Å²) in [5, 5.41) is 0.884. The predicted octanol–water partition coefficient (Wildman–Crippen LogP) is 4.05. The van der Waals surface area contributed by atoms with E-state index in [2.05, 4.69) is 0 Å². The lowest BCUT2D eigenvalue weighted by Gasteiger charge is -2.26. The molecule has 0 aliphatic rings. The van der Waals surface area contributed by atoms with Crippen LogP contribution in [0.25, 0.3) is 0 Å². The van der Waals surface area contributed by atoms with Crippen LogP contribution in [0.15, 0.2) is 53.4 Å². The Morgan fingerprint density at radius 3 is 2.11 bits per heavy atom. The first-order chi connectivity index (χ1) is 12.8. The minimum Gasteiger partial charge on any atom is -0.342 e. The Bertz CT molecular complexity index is 882. The van der Waals surface area contributed by atoms with Crippen LogP contribution in [-0.2, 0) is 21.4 Å². The van der Waals surface area contributed by atoms with Gasteiger partial charge in [0, 0.05) is 29.7 Å². The van der Waals surface area contributed by atoms with E-state index < -0.39 is 10.0 Å². The lowest BCUT2D eigenvalue weighted by Crippen LogP contribution is -2.42. The molecule has 2 rings (SSSR count). The summed E-state index contributed by atoms with van der Waals surface area (Å²) in [6, 6.07) is 12.9. The second-order valence-corrected chi connectivity index (χ2v) is 8.67. The van der Waals surface area contributed by atoms with Crippen molar-refractivity contribution in [1.29, 1.82) is 0 Å². The summed E-state index contributed by atoms with van der Waals surface area (Å²) in [6.07, 6.45) is 0. The third-order valence-corrected chi connectivity index (χ3v) is 6.61. The van der Waals surface area contributed by atoms with Gasteiger partial charge >= 0.3 is 0 Å². The van der Waals surface area contributed by atoms with E-state index in [-0.39, 0.29) is 23.9 Å². The summed E-state index contributed by atoms with van der Waals surface area (Å²) in [6.45, 7) is 4.46. The zero-order valence-electron chi connectivity index (χ0n) is 15.2. The molecule has 27 heavy (non-hydrogen) atoms. The number of carbonyl (C=O) groups is 1. The molecule has 0 aliphatic carbocycles. The Hall–Kier alpha value is -1.60. The van der Waals surface area contributed by atoms with Crippen molar-refractivity contribution in [3.8, 4) is 0 Å². The quantitative estimate of drug-likeness (QED) is 0.636. The van der Waals surface area contributed by atoms with Crippen molar-refractivity contribution in [3.05, 3.63) is 64.1 Å². The van der Waals surface area contributed by atoms with Gasteiger partial charge in [-0.1, -0.05) is 41.4 Å². The van der Waals surface area contributed by atoms with Gasteiger partial charge in [0.15, 0.2) is 0 Å². The highest BCUT2D eigenvalue weighted by molar-refractivity contribution is 7.89. The predicted molar refractivity (Wildman–Crippen MR) is 108 cm³/mol. The molecule has 0 fully saturated rings. The molecule has 0 spiro atoms. The summed E-state index contributed by atoms with van der Waals surface area (Å²) in [5.74, 6) is -0.260. The first-order valence-electron chi connectivity index (χ1n) is 8.56. The fraction of sp³-hybridized carbons (Fsp3) is 0.316. The maximum Gasteiger partial charge on any atom is 0.243 e. The molecule has 0 radical (unpaired) electrons. The normalized spacial score (nSPS) is 11.6. The molecule has 0 unspecified atom stereocenters. The number of likely N-dealkylation sites (N-methyl/N-ethyl adjacent to an activating group) is 1. The van der Waals surface area contributed by atoms with Gasteiger partial charge in [-0.3, -0.25) is 4.79 Å². The summed E-state index contributed by atoms with van der Waals surface area (Å²) >= 11 is 12.1. The molecule has 0 heterocycles. The molecule has 0 saturated heterocycles. The SMILES string of the molecule is CCN(CC)C(=O)CN(Cc1ccccc1Cl)S(=O)(=O)c1ccc(Cl)cc1. The van der Waals surface area contributed by atoms with Gasteiger partial charge < -0.3 is 4.90 Å². The number of rotatable bonds is 8. The summed E-state index contributed by atoms with van der Waals surface area (Å²) in [5.41, 5.74) is 0.629. The molecular formula is C19H22Cl2N2O3S. The largest absolute Gasteiger partial charge is 0.342 e. The summed E-state index contributed by atoms with van der Waals surface area (Å²) in [4.78, 5) is 14.3. The van der Waals surface area contributed by atoms with Crippen LogP contribution >= 0.6 is 23.2 Å². The topological polar surface area (TPSA) is 57.7 Å². The smallest absolute Gasteiger partial charge is 0.243 e. The van der Waals surface area contributed by atoms with Gasteiger partial charge in [-0.2, -0.15) is 4.31 Å². The van der Waals surface area contributed by atoms with Crippen molar-refractivity contribution in [2.75, 3.05) is 19.6 Å². The van der Waals surface area contributed by atoms with Crippen molar-refractivity contribution in [1.82, 2.24) is 9.21 Å². The minimum atomic E-state index is -3.91. The number of nitrogens with zero attached hydrogens (tertiary/aromatic N) is 2. The summed E-state index contributed by atoms with van der Waals surface area (Å²) < 4.78 is 27.5. The van der Waals surface area contributed by atoms with Gasteiger partial charge in [0.05, 0.1) is 11.4 Å². The van der Waals surface area contributed by atoms with Gasteiger partial charge in [0.2, 0.25) is 15.9 Å². The fourth-order valence-electron chi connectivity index (χ4n) is 2.63. The fourth-order valence-corrected chi connectivity index (χ4v) is 4.31. The number of benzene rings is 2. The van der Waals surface area contributed by atoms with Crippen LogP contribution in [-0.4, -0.2) is 43.2 Å². The molecule has 0 atom stereocenters. The van der Waals surface area contributed by atoms with E-state index in [0.717, 1.165) is 4.31 Å². The Labute approximate surface area is 170 Å². The van der Waals surface area contributed by atoms with E-state index >= 15 is 0 Å². The van der Waals surface area contributed by atoms with E-state index in [1.165, 1.54) is 24.3 Å². The zero-order chi connectivity index (χ0) is 20.0. The first kappa shape index (κ1) is 21.7. The number of sulfonamides is 1. The zero-order valence-corrected chi connectivity index (χ0v) is 17.6. The maximum atomic E-state index is 13.2. The standard InChI is InChI=1S/C19H22Cl2N2O3S/c1-3-22(4-2)19(24)14-23(13-15-7-5-6-8-18(15)21)27(25,26)17-11-9-16(20)10-12-17/h5-12H,3-4,13-14H2,1-2H3. The number of hydrogen-bond acceptors (Lipinski definition) is 3. The van der Waals surface area contributed by atoms with Crippen LogP contribution in [0.1, 0.15) is 19.4 Å². The molecule has 2 aromatic rings. The van der Waals surface area contributed by atoms with Crippen LogP contribution < -0.4 is 0 Å². The number of amides is 1. The third kappa shape index (κ3) is 5.45. The number of carbonyl (C=O) groups excluding carboxylic acids is 1. The van der Waals surface area contributed by atoms with Gasteiger partial charge in [-0.05, 0) is 49.7 Å². The molecule has 0 N–H and O–H groups in total. The molecule has 0 aromatic heterocycles. The highest BCUT2D eigenvalue weighted by Crippen LogP contribution is 2.23. The lowest BCUT2D eigenvalue weighted by atomic mass is 10.2. The Kier molecular flexibility index (Phi) is 7.68. The molecule has 1 amide bonds. The van der Waals surface area contributed by atoms with Crippen molar-refractivity contribution in [3.63, 3.8) is 0 Å². The second kappa shape index (κ2) is 9.55. The molecule has 2 aromatic carbocycles. The maximum absolute atomic E-state index is 13.2. The monoisotopic (exact) mass is 428 g/mol. The minimum absolute atomic E-state index is 0.00234. The van der Waals surface area contributed by atoms with Crippen LogP contribution in [0.4, 0.5) is 0 Å². The highest BCUT2D eigenvalue weighted by atomic mass is 35.5. The van der Waals surface area contributed by atoms with Crippen molar-refractivity contribution < 1.29 is 13.2 Å². The Morgan fingerprint density at radius 2 is 1.56 bits per heavy atom. The van der Waals surface area contributed by atoms with Crippen LogP contribution in [0.5, 0.6) is 0 Å². The van der Waals surface area contributed by atoms with Crippen molar-refractivity contribution in [2.45, 2.75) is 25.3 Å². The van der Waals surface area contributed by atoms with Gasteiger partial charge in [-0.25, -0.2) is 8.42 Å². The van der Waals surface area contributed by atoms with Crippen LogP contribution in [0.3, 0.4) is 0 Å². The molecule has 0 saturated carbocycles. The van der Waals surface area contributed by atoms with E-state index in [1.54, 1.807) is 29.2 Å². The van der Waals surface area contributed by atoms with Crippen molar-refractivity contribution >= 4 is 39.1 Å².